The van der Waals surface area contributed by atoms with E-state index in [1.54, 1.807) is 35.5 Å². The molecule has 1 aromatic carbocycles. The average Bonchev–Trinajstić information content (AvgIpc) is 2.74. The Bertz CT molecular complexity index is 881. The lowest BCUT2D eigenvalue weighted by atomic mass is 9.72. The number of likely N-dealkylation sites (tertiary alicyclic amines) is 2. The van der Waals surface area contributed by atoms with Crippen molar-refractivity contribution in [1.29, 1.82) is 0 Å². The molecule has 1 N–H and O–H groups in total. The van der Waals surface area contributed by atoms with Gasteiger partial charge in [-0.2, -0.15) is 0 Å². The number of anilines is 1. The SMILES string of the molecule is O=C1CCC2(CCN(C(=O)Nc3ccccc3F)CC2)CN1Cc1ccncc1. The van der Waals surface area contributed by atoms with Crippen LogP contribution < -0.4 is 5.32 Å². The van der Waals surface area contributed by atoms with Gasteiger partial charge in [-0.3, -0.25) is 9.78 Å². The lowest BCUT2D eigenvalue weighted by Crippen LogP contribution is -2.52. The van der Waals surface area contributed by atoms with Crippen molar-refractivity contribution in [3.05, 3.63) is 60.2 Å². The second-order valence-corrected chi connectivity index (χ2v) is 8.00. The van der Waals surface area contributed by atoms with Crippen LogP contribution in [0.25, 0.3) is 0 Å². The third kappa shape index (κ3) is 4.39. The van der Waals surface area contributed by atoms with Crippen LogP contribution in [0.1, 0.15) is 31.2 Å². The summed E-state index contributed by atoms with van der Waals surface area (Å²) in [6.45, 7) is 2.53. The minimum Gasteiger partial charge on any atom is -0.338 e. The van der Waals surface area contributed by atoms with Crippen molar-refractivity contribution in [2.24, 2.45) is 5.41 Å². The molecule has 0 unspecified atom stereocenters. The van der Waals surface area contributed by atoms with Crippen molar-refractivity contribution < 1.29 is 14.0 Å². The number of halogens is 1. The summed E-state index contributed by atoms with van der Waals surface area (Å²) in [5.41, 5.74) is 1.33. The van der Waals surface area contributed by atoms with E-state index in [0.717, 1.165) is 31.4 Å². The summed E-state index contributed by atoms with van der Waals surface area (Å²) in [5, 5.41) is 2.66. The molecule has 0 radical (unpaired) electrons. The molecule has 3 heterocycles. The molecule has 0 atom stereocenters. The Morgan fingerprint density at radius 2 is 1.83 bits per heavy atom. The summed E-state index contributed by atoms with van der Waals surface area (Å²) in [4.78, 5) is 32.7. The largest absolute Gasteiger partial charge is 0.338 e. The summed E-state index contributed by atoms with van der Waals surface area (Å²) in [7, 11) is 0. The summed E-state index contributed by atoms with van der Waals surface area (Å²) in [6, 6.07) is 9.78. The molecule has 1 spiro atoms. The molecule has 29 heavy (non-hydrogen) atoms. The van der Waals surface area contributed by atoms with E-state index in [9.17, 15) is 14.0 Å². The van der Waals surface area contributed by atoms with Crippen LogP contribution in [0.2, 0.25) is 0 Å². The van der Waals surface area contributed by atoms with E-state index in [0.29, 0.717) is 26.1 Å². The molecule has 0 bridgehead atoms. The number of pyridine rings is 1. The summed E-state index contributed by atoms with van der Waals surface area (Å²) >= 11 is 0. The average molecular weight is 396 g/mol. The minimum atomic E-state index is -0.438. The van der Waals surface area contributed by atoms with Crippen molar-refractivity contribution in [1.82, 2.24) is 14.8 Å². The predicted molar refractivity (Wildman–Crippen MR) is 108 cm³/mol. The first-order valence-corrected chi connectivity index (χ1v) is 10.0. The fraction of sp³-hybridized carbons (Fsp3) is 0.409. The molecule has 0 aliphatic carbocycles. The van der Waals surface area contributed by atoms with E-state index >= 15 is 0 Å². The van der Waals surface area contributed by atoms with Gasteiger partial charge < -0.3 is 15.1 Å². The second-order valence-electron chi connectivity index (χ2n) is 8.00. The second kappa shape index (κ2) is 8.19. The van der Waals surface area contributed by atoms with Gasteiger partial charge in [-0.15, -0.1) is 0 Å². The van der Waals surface area contributed by atoms with E-state index in [4.69, 9.17) is 0 Å². The molecule has 2 aliphatic rings. The standard InChI is InChI=1S/C22H25FN4O2/c23-18-3-1-2-4-19(18)25-21(29)26-13-9-22(10-14-26)8-5-20(28)27(16-22)15-17-6-11-24-12-7-17/h1-4,6-7,11-12H,5,8-10,13-16H2,(H,25,29). The summed E-state index contributed by atoms with van der Waals surface area (Å²) in [5.74, 6) is -0.251. The number of piperidine rings is 2. The minimum absolute atomic E-state index is 0.0513. The normalized spacial score (nSPS) is 18.7. The number of nitrogens with zero attached hydrogens (tertiary/aromatic N) is 3. The van der Waals surface area contributed by atoms with Crippen LogP contribution in [0.3, 0.4) is 0 Å². The summed E-state index contributed by atoms with van der Waals surface area (Å²) < 4.78 is 13.8. The quantitative estimate of drug-likeness (QED) is 0.861. The Kier molecular flexibility index (Phi) is 5.47. The number of urea groups is 1. The number of benzene rings is 1. The van der Waals surface area contributed by atoms with E-state index in [1.165, 1.54) is 6.07 Å². The first-order valence-electron chi connectivity index (χ1n) is 10.0. The molecule has 2 fully saturated rings. The van der Waals surface area contributed by atoms with Gasteiger partial charge in [-0.25, -0.2) is 9.18 Å². The Hall–Kier alpha value is -2.96. The Labute approximate surface area is 169 Å². The van der Waals surface area contributed by atoms with Gasteiger partial charge in [0, 0.05) is 45.0 Å². The highest BCUT2D eigenvalue weighted by Gasteiger charge is 2.41. The van der Waals surface area contributed by atoms with E-state index in [1.807, 2.05) is 17.0 Å². The number of carbonyl (C=O) groups excluding carboxylic acids is 2. The van der Waals surface area contributed by atoms with Crippen LogP contribution in [-0.2, 0) is 11.3 Å². The third-order valence-corrected chi connectivity index (χ3v) is 6.10. The van der Waals surface area contributed by atoms with Gasteiger partial charge in [0.1, 0.15) is 5.82 Å². The monoisotopic (exact) mass is 396 g/mol. The van der Waals surface area contributed by atoms with Gasteiger partial charge >= 0.3 is 6.03 Å². The van der Waals surface area contributed by atoms with E-state index in [-0.39, 0.29) is 23.0 Å². The van der Waals surface area contributed by atoms with Crippen LogP contribution in [0.5, 0.6) is 0 Å². The molecule has 6 nitrogen and oxygen atoms in total. The third-order valence-electron chi connectivity index (χ3n) is 6.10. The number of nitrogens with one attached hydrogen (secondary N) is 1. The van der Waals surface area contributed by atoms with Crippen molar-refractivity contribution >= 4 is 17.6 Å². The van der Waals surface area contributed by atoms with Gasteiger partial charge in [-0.05, 0) is 54.5 Å². The van der Waals surface area contributed by atoms with Gasteiger partial charge in [-0.1, -0.05) is 12.1 Å². The molecule has 2 saturated heterocycles. The number of hydrogen-bond acceptors (Lipinski definition) is 3. The number of carbonyl (C=O) groups is 2. The first kappa shape index (κ1) is 19.4. The van der Waals surface area contributed by atoms with Gasteiger partial charge in [0.25, 0.3) is 0 Å². The molecule has 3 amide bonds. The molecular formula is C22H25FN4O2. The Balaban J connectivity index is 1.36. The predicted octanol–water partition coefficient (Wildman–Crippen LogP) is 3.66. The zero-order chi connectivity index (χ0) is 20.3. The molecule has 2 aromatic rings. The van der Waals surface area contributed by atoms with Gasteiger partial charge in [0.2, 0.25) is 5.91 Å². The van der Waals surface area contributed by atoms with Crippen LogP contribution in [0, 0.1) is 11.2 Å². The Morgan fingerprint density at radius 3 is 2.55 bits per heavy atom. The highest BCUT2D eigenvalue weighted by Crippen LogP contribution is 2.40. The number of para-hydroxylation sites is 1. The fourth-order valence-corrected chi connectivity index (χ4v) is 4.30. The van der Waals surface area contributed by atoms with Gasteiger partial charge in [0.15, 0.2) is 0 Å². The molecule has 4 rings (SSSR count). The number of rotatable bonds is 3. The van der Waals surface area contributed by atoms with Crippen LogP contribution in [0.15, 0.2) is 48.8 Å². The van der Waals surface area contributed by atoms with Crippen molar-refractivity contribution in [2.75, 3.05) is 25.0 Å². The summed E-state index contributed by atoms with van der Waals surface area (Å²) in [6.07, 6.45) is 6.59. The number of amides is 3. The highest BCUT2D eigenvalue weighted by atomic mass is 19.1. The van der Waals surface area contributed by atoms with E-state index in [2.05, 4.69) is 10.3 Å². The maximum Gasteiger partial charge on any atom is 0.321 e. The smallest absolute Gasteiger partial charge is 0.321 e. The highest BCUT2D eigenvalue weighted by molar-refractivity contribution is 5.89. The van der Waals surface area contributed by atoms with Crippen LogP contribution in [0.4, 0.5) is 14.9 Å². The van der Waals surface area contributed by atoms with E-state index < -0.39 is 5.82 Å². The lowest BCUT2D eigenvalue weighted by Gasteiger charge is -2.47. The Morgan fingerprint density at radius 1 is 1.10 bits per heavy atom. The van der Waals surface area contributed by atoms with Crippen molar-refractivity contribution in [2.45, 2.75) is 32.2 Å². The first-order chi connectivity index (χ1) is 14.0. The molecule has 152 valence electrons. The maximum atomic E-state index is 13.8. The molecule has 0 saturated carbocycles. The molecule has 1 aromatic heterocycles. The zero-order valence-corrected chi connectivity index (χ0v) is 16.3. The topological polar surface area (TPSA) is 65.5 Å². The molecular weight excluding hydrogens is 371 g/mol. The van der Waals surface area contributed by atoms with Crippen LogP contribution in [-0.4, -0.2) is 46.4 Å². The zero-order valence-electron chi connectivity index (χ0n) is 16.3. The van der Waals surface area contributed by atoms with Crippen LogP contribution >= 0.6 is 0 Å². The lowest BCUT2D eigenvalue weighted by molar-refractivity contribution is -0.139. The van der Waals surface area contributed by atoms with Gasteiger partial charge in [0.05, 0.1) is 5.69 Å². The van der Waals surface area contributed by atoms with Crippen molar-refractivity contribution in [3.63, 3.8) is 0 Å². The number of aromatic nitrogens is 1. The number of hydrogen-bond donors (Lipinski definition) is 1. The molecule has 7 heteroatoms. The fourth-order valence-electron chi connectivity index (χ4n) is 4.30. The maximum absolute atomic E-state index is 13.8. The molecule has 2 aliphatic heterocycles. The van der Waals surface area contributed by atoms with Crippen molar-refractivity contribution in [3.8, 4) is 0 Å².